The normalized spacial score (nSPS) is 47.9. The lowest BCUT2D eigenvalue weighted by atomic mass is 9.46. The van der Waals surface area contributed by atoms with Crippen LogP contribution in [0.2, 0.25) is 0 Å². The number of hydrogen-bond donors (Lipinski definition) is 5. The van der Waals surface area contributed by atoms with Crippen molar-refractivity contribution >= 4 is 0 Å². The summed E-state index contributed by atoms with van der Waals surface area (Å²) in [5.74, 6) is 1.34. The van der Waals surface area contributed by atoms with Crippen molar-refractivity contribution in [3.8, 4) is 0 Å². The van der Waals surface area contributed by atoms with Crippen molar-refractivity contribution in [2.75, 3.05) is 26.9 Å². The van der Waals surface area contributed by atoms with Crippen LogP contribution in [0.25, 0.3) is 0 Å². The molecular formula is C26H48N5O+. The highest BCUT2D eigenvalue weighted by molar-refractivity contribution is 5.23. The van der Waals surface area contributed by atoms with Crippen molar-refractivity contribution in [2.45, 2.75) is 90.7 Å². The predicted molar refractivity (Wildman–Crippen MR) is 131 cm³/mol. The average Bonchev–Trinajstić information content (AvgIpc) is 3.09. The summed E-state index contributed by atoms with van der Waals surface area (Å²) >= 11 is 0. The number of nitrogens with one attached hydrogen (secondary N) is 3. The molecule has 0 aromatic rings. The summed E-state index contributed by atoms with van der Waals surface area (Å²) in [4.78, 5) is 3.95. The Bertz CT molecular complexity index is 740. The van der Waals surface area contributed by atoms with Crippen molar-refractivity contribution < 1.29 is 10.0 Å². The monoisotopic (exact) mass is 446 g/mol. The maximum atomic E-state index is 10.5. The molecule has 4 rings (SSSR count). The van der Waals surface area contributed by atoms with Gasteiger partial charge in [0.2, 0.25) is 0 Å². The number of nitrogens with two attached hydrogens (primary N) is 1. The van der Waals surface area contributed by atoms with E-state index in [1.165, 1.54) is 24.8 Å². The molecule has 182 valence electrons. The van der Waals surface area contributed by atoms with E-state index in [0.717, 1.165) is 44.7 Å². The Hall–Kier alpha value is -0.760. The zero-order chi connectivity index (χ0) is 23.3. The molecule has 2 saturated carbocycles. The highest BCUT2D eigenvalue weighted by Crippen LogP contribution is 2.62. The molecule has 0 radical (unpaired) electrons. The zero-order valence-electron chi connectivity index (χ0n) is 21.1. The highest BCUT2D eigenvalue weighted by atomic mass is 16.3. The summed E-state index contributed by atoms with van der Waals surface area (Å²) in [5, 5.41) is 17.4. The molecule has 6 N–H and O–H groups in total. The molecule has 2 aliphatic heterocycles. The Kier molecular flexibility index (Phi) is 6.95. The Morgan fingerprint density at radius 2 is 2.06 bits per heavy atom. The molecule has 0 bridgehead atoms. The first-order valence-electron chi connectivity index (χ1n) is 12.9. The van der Waals surface area contributed by atoms with Gasteiger partial charge in [-0.05, 0) is 86.8 Å². The molecule has 2 aliphatic carbocycles. The number of allylic oxidation sites excluding steroid dienone is 1. The third-order valence-corrected chi connectivity index (χ3v) is 10.2. The first-order valence-corrected chi connectivity index (χ1v) is 12.9. The van der Waals surface area contributed by atoms with Gasteiger partial charge in [-0.1, -0.05) is 32.9 Å². The van der Waals surface area contributed by atoms with Gasteiger partial charge in [-0.15, -0.1) is 0 Å². The van der Waals surface area contributed by atoms with Gasteiger partial charge in [0.05, 0.1) is 12.6 Å². The van der Waals surface area contributed by atoms with Gasteiger partial charge in [-0.2, -0.15) is 0 Å². The smallest absolute Gasteiger partial charge is 0.147 e. The van der Waals surface area contributed by atoms with E-state index in [2.05, 4.69) is 62.9 Å². The Labute approximate surface area is 195 Å². The van der Waals surface area contributed by atoms with Crippen LogP contribution in [0.1, 0.15) is 66.2 Å². The van der Waals surface area contributed by atoms with Crippen LogP contribution < -0.4 is 21.3 Å². The molecule has 9 atom stereocenters. The lowest BCUT2D eigenvalue weighted by Gasteiger charge is -2.59. The molecule has 2 heterocycles. The molecule has 9 unspecified atom stereocenters. The van der Waals surface area contributed by atoms with Crippen LogP contribution in [0, 0.1) is 22.7 Å². The minimum atomic E-state index is -0.309. The summed E-state index contributed by atoms with van der Waals surface area (Å²) in [5.41, 5.74) is 9.41. The average molecular weight is 447 g/mol. The number of aliphatic hydroxyl groups excluding tert-OH is 1. The van der Waals surface area contributed by atoms with E-state index in [0.29, 0.717) is 29.5 Å². The second kappa shape index (κ2) is 9.12. The standard InChI is InChI=1S/C26H47N5O/c1-17(11-14-31-16-30(6)24-22(31)23(27)28-15-29-24)9-12-25(4)18(2)10-13-26(5)19(3)20(32)7-8-21(25)26/h11,18,20-24,28-29,32H,3,7-10,12-16,27H2,1-2,4-6H3/p+1. The maximum Gasteiger partial charge on any atom is 0.147 e. The molecule has 0 spiro atoms. The van der Waals surface area contributed by atoms with Gasteiger partial charge in [-0.25, -0.2) is 4.90 Å². The molecule has 0 aromatic carbocycles. The van der Waals surface area contributed by atoms with Crippen molar-refractivity contribution in [1.82, 2.24) is 15.5 Å². The molecule has 6 heteroatoms. The van der Waals surface area contributed by atoms with Crippen LogP contribution in [0.15, 0.2) is 23.8 Å². The van der Waals surface area contributed by atoms with Crippen molar-refractivity contribution in [2.24, 2.45) is 28.4 Å². The quantitative estimate of drug-likeness (QED) is 0.413. The molecule has 4 fully saturated rings. The maximum absolute atomic E-state index is 10.5. The Morgan fingerprint density at radius 3 is 2.81 bits per heavy atom. The fourth-order valence-corrected chi connectivity index (χ4v) is 7.66. The fraction of sp³-hybridized carbons (Fsp3) is 0.846. The summed E-state index contributed by atoms with van der Waals surface area (Å²) in [7, 11) is 2.20. The Balaban J connectivity index is 1.41. The number of aliphatic hydroxyl groups is 1. The summed E-state index contributed by atoms with van der Waals surface area (Å²) in [6.07, 6.45) is 9.38. The van der Waals surface area contributed by atoms with Crippen LogP contribution in [0.4, 0.5) is 0 Å². The molecular weight excluding hydrogens is 398 g/mol. The number of rotatable bonds is 5. The van der Waals surface area contributed by atoms with Crippen molar-refractivity contribution in [3.63, 3.8) is 0 Å². The lowest BCUT2D eigenvalue weighted by Crippen LogP contribution is -3.17. The topological polar surface area (TPSA) is 78.0 Å². The molecule has 4 aliphatic rings. The Morgan fingerprint density at radius 1 is 1.31 bits per heavy atom. The minimum Gasteiger partial charge on any atom is -0.389 e. The lowest BCUT2D eigenvalue weighted by molar-refractivity contribution is -0.913. The van der Waals surface area contributed by atoms with Gasteiger partial charge in [0, 0.05) is 6.67 Å². The highest BCUT2D eigenvalue weighted by Gasteiger charge is 2.55. The molecule has 32 heavy (non-hydrogen) atoms. The van der Waals surface area contributed by atoms with Crippen LogP contribution in [-0.4, -0.2) is 61.4 Å². The van der Waals surface area contributed by atoms with Gasteiger partial charge >= 0.3 is 0 Å². The predicted octanol–water partition coefficient (Wildman–Crippen LogP) is 1.40. The van der Waals surface area contributed by atoms with Crippen LogP contribution in [0.3, 0.4) is 0 Å². The van der Waals surface area contributed by atoms with Crippen molar-refractivity contribution in [1.29, 1.82) is 0 Å². The van der Waals surface area contributed by atoms with Crippen LogP contribution in [-0.2, 0) is 0 Å². The second-order valence-corrected chi connectivity index (χ2v) is 11.9. The number of likely N-dealkylation sites (N-methyl/N-ethyl adjacent to an activating group) is 1. The van der Waals surface area contributed by atoms with E-state index < -0.39 is 0 Å². The number of quaternary nitrogens is 1. The van der Waals surface area contributed by atoms with Gasteiger partial charge in [-0.3, -0.25) is 10.6 Å². The van der Waals surface area contributed by atoms with Gasteiger partial charge in [0.25, 0.3) is 0 Å². The zero-order valence-corrected chi connectivity index (χ0v) is 21.1. The van der Waals surface area contributed by atoms with E-state index in [1.807, 2.05) is 0 Å². The van der Waals surface area contributed by atoms with Gasteiger partial charge in [0.1, 0.15) is 25.0 Å². The molecule has 2 saturated heterocycles. The first-order chi connectivity index (χ1) is 15.1. The first kappa shape index (κ1) is 24.4. The number of fused-ring (bicyclic) bond motifs is 2. The molecule has 6 nitrogen and oxygen atoms in total. The summed E-state index contributed by atoms with van der Waals surface area (Å²) in [6.45, 7) is 16.9. The van der Waals surface area contributed by atoms with Gasteiger partial charge < -0.3 is 15.7 Å². The number of hydrogen-bond acceptors (Lipinski definition) is 5. The van der Waals surface area contributed by atoms with Gasteiger partial charge in [0.15, 0.2) is 0 Å². The largest absolute Gasteiger partial charge is 0.389 e. The van der Waals surface area contributed by atoms with E-state index >= 15 is 0 Å². The van der Waals surface area contributed by atoms with E-state index in [4.69, 9.17) is 5.73 Å². The molecule has 0 aromatic heterocycles. The SMILES string of the molecule is C=C1C(O)CCC2C1(C)CCC(C)C2(C)CCC(C)=CC[NH+]1CN(C)C2NCNC(N)C21. The third-order valence-electron chi connectivity index (χ3n) is 10.2. The minimum absolute atomic E-state index is 0.0457. The second-order valence-electron chi connectivity index (χ2n) is 11.9. The third kappa shape index (κ3) is 4.12. The van der Waals surface area contributed by atoms with Crippen LogP contribution in [0.5, 0.6) is 0 Å². The fourth-order valence-electron chi connectivity index (χ4n) is 7.66. The van der Waals surface area contributed by atoms with E-state index in [-0.39, 0.29) is 17.7 Å². The summed E-state index contributed by atoms with van der Waals surface area (Å²) in [6, 6.07) is 0.383. The van der Waals surface area contributed by atoms with Crippen molar-refractivity contribution in [3.05, 3.63) is 23.8 Å². The van der Waals surface area contributed by atoms with Crippen LogP contribution >= 0.6 is 0 Å². The number of nitrogens with zero attached hydrogens (tertiary/aromatic N) is 1. The summed E-state index contributed by atoms with van der Waals surface area (Å²) < 4.78 is 0. The van der Waals surface area contributed by atoms with E-state index in [9.17, 15) is 5.11 Å². The molecule has 0 amide bonds. The van der Waals surface area contributed by atoms with E-state index in [1.54, 1.807) is 4.90 Å².